The summed E-state index contributed by atoms with van der Waals surface area (Å²) in [5, 5.41) is 3.27. The van der Waals surface area contributed by atoms with Crippen LogP contribution in [0.5, 0.6) is 0 Å². The van der Waals surface area contributed by atoms with Crippen LogP contribution < -0.4 is 11.1 Å². The summed E-state index contributed by atoms with van der Waals surface area (Å²) >= 11 is 0. The van der Waals surface area contributed by atoms with E-state index < -0.39 is 0 Å². The molecule has 0 bridgehead atoms. The molecule has 110 valence electrons. The molecule has 2 rings (SSSR count). The molecule has 0 spiro atoms. The summed E-state index contributed by atoms with van der Waals surface area (Å²) in [5.41, 5.74) is 6.10. The average Bonchev–Trinajstić information content (AvgIpc) is 2.42. The summed E-state index contributed by atoms with van der Waals surface area (Å²) in [6.45, 7) is 4.47. The third-order valence-corrected chi connectivity index (χ3v) is 5.40. The molecule has 0 aromatic carbocycles. The highest BCUT2D eigenvalue weighted by Crippen LogP contribution is 2.30. The Morgan fingerprint density at radius 2 is 1.84 bits per heavy atom. The lowest BCUT2D eigenvalue weighted by Crippen LogP contribution is -2.45. The summed E-state index contributed by atoms with van der Waals surface area (Å²) in [6.07, 6.45) is 9.17. The minimum atomic E-state index is 0.162. The molecule has 2 fully saturated rings. The first-order valence-corrected chi connectivity index (χ1v) is 8.16. The Labute approximate surface area is 117 Å². The fourth-order valence-electron chi connectivity index (χ4n) is 3.63. The van der Waals surface area contributed by atoms with E-state index in [1.54, 1.807) is 0 Å². The summed E-state index contributed by atoms with van der Waals surface area (Å²) in [7, 11) is 0. The van der Waals surface area contributed by atoms with E-state index in [9.17, 15) is 4.79 Å². The maximum absolute atomic E-state index is 12.3. The Kier molecular flexibility index (Phi) is 5.26. The van der Waals surface area contributed by atoms with Crippen LogP contribution in [0.2, 0.25) is 0 Å². The van der Waals surface area contributed by atoms with Crippen LogP contribution in [0.1, 0.15) is 65.2 Å². The molecular formula is C16H30N2O. The van der Waals surface area contributed by atoms with Crippen molar-refractivity contribution < 1.29 is 4.79 Å². The number of nitrogens with one attached hydrogen (secondary N) is 1. The van der Waals surface area contributed by atoms with E-state index in [0.29, 0.717) is 12.0 Å². The second-order valence-electron chi connectivity index (χ2n) is 6.79. The van der Waals surface area contributed by atoms with E-state index in [1.165, 1.54) is 32.1 Å². The van der Waals surface area contributed by atoms with Crippen LogP contribution >= 0.6 is 0 Å². The van der Waals surface area contributed by atoms with Crippen molar-refractivity contribution in [3.8, 4) is 0 Å². The third kappa shape index (κ3) is 3.95. The topological polar surface area (TPSA) is 55.1 Å². The van der Waals surface area contributed by atoms with E-state index in [4.69, 9.17) is 5.73 Å². The minimum Gasteiger partial charge on any atom is -0.353 e. The molecule has 0 aromatic rings. The molecule has 0 aromatic heterocycles. The van der Waals surface area contributed by atoms with Crippen LogP contribution in [0.15, 0.2) is 0 Å². The molecule has 19 heavy (non-hydrogen) atoms. The number of rotatable bonds is 3. The second-order valence-corrected chi connectivity index (χ2v) is 6.79. The molecule has 3 unspecified atom stereocenters. The fraction of sp³-hybridized carbons (Fsp3) is 0.938. The van der Waals surface area contributed by atoms with Gasteiger partial charge in [-0.2, -0.15) is 0 Å². The second kappa shape index (κ2) is 6.74. The molecule has 3 atom stereocenters. The molecule has 3 nitrogen and oxygen atoms in total. The standard InChI is InChI=1S/C16H30N2O/c1-3-12-5-8-14(9-6-12)18-16(19)13-7-4-11(2)15(17)10-13/h11-15H,3-10,17H2,1-2H3,(H,18,19). The first-order valence-electron chi connectivity index (χ1n) is 8.16. The smallest absolute Gasteiger partial charge is 0.223 e. The van der Waals surface area contributed by atoms with Gasteiger partial charge in [0.25, 0.3) is 0 Å². The van der Waals surface area contributed by atoms with E-state index in [-0.39, 0.29) is 17.9 Å². The van der Waals surface area contributed by atoms with Gasteiger partial charge in [-0.3, -0.25) is 4.79 Å². The summed E-state index contributed by atoms with van der Waals surface area (Å²) in [4.78, 5) is 12.3. The van der Waals surface area contributed by atoms with Crippen molar-refractivity contribution in [3.63, 3.8) is 0 Å². The first kappa shape index (κ1) is 14.8. The highest BCUT2D eigenvalue weighted by atomic mass is 16.1. The molecular weight excluding hydrogens is 236 g/mol. The first-order chi connectivity index (χ1) is 9.10. The molecule has 3 heteroatoms. The Morgan fingerprint density at radius 1 is 1.16 bits per heavy atom. The van der Waals surface area contributed by atoms with Crippen LogP contribution in [0.3, 0.4) is 0 Å². The van der Waals surface area contributed by atoms with Gasteiger partial charge >= 0.3 is 0 Å². The van der Waals surface area contributed by atoms with Gasteiger partial charge in [-0.1, -0.05) is 20.3 Å². The van der Waals surface area contributed by atoms with E-state index >= 15 is 0 Å². The van der Waals surface area contributed by atoms with Gasteiger partial charge in [-0.15, -0.1) is 0 Å². The maximum atomic E-state index is 12.3. The summed E-state index contributed by atoms with van der Waals surface area (Å²) in [6, 6.07) is 0.631. The molecule has 2 saturated carbocycles. The van der Waals surface area contributed by atoms with Gasteiger partial charge in [-0.05, 0) is 56.8 Å². The molecule has 3 N–H and O–H groups in total. The van der Waals surface area contributed by atoms with Gasteiger partial charge in [0.05, 0.1) is 0 Å². The molecule has 2 aliphatic rings. The highest BCUT2D eigenvalue weighted by molar-refractivity contribution is 5.79. The zero-order valence-corrected chi connectivity index (χ0v) is 12.5. The molecule has 0 aliphatic heterocycles. The van der Waals surface area contributed by atoms with Gasteiger partial charge < -0.3 is 11.1 Å². The molecule has 0 radical (unpaired) electrons. The minimum absolute atomic E-state index is 0.162. The largest absolute Gasteiger partial charge is 0.353 e. The average molecular weight is 266 g/mol. The molecule has 0 saturated heterocycles. The van der Waals surface area contributed by atoms with E-state index in [0.717, 1.165) is 25.2 Å². The van der Waals surface area contributed by atoms with Crippen molar-refractivity contribution in [1.29, 1.82) is 0 Å². The Hall–Kier alpha value is -0.570. The van der Waals surface area contributed by atoms with Crippen molar-refractivity contribution >= 4 is 5.91 Å². The normalized spacial score (nSPS) is 39.8. The number of carbonyl (C=O) groups is 1. The van der Waals surface area contributed by atoms with Crippen LogP contribution in [-0.2, 0) is 4.79 Å². The molecule has 2 aliphatic carbocycles. The van der Waals surface area contributed by atoms with Crippen LogP contribution in [0.4, 0.5) is 0 Å². The van der Waals surface area contributed by atoms with Crippen molar-refractivity contribution in [2.75, 3.05) is 0 Å². The fourth-order valence-corrected chi connectivity index (χ4v) is 3.63. The Bertz CT molecular complexity index is 297. The monoisotopic (exact) mass is 266 g/mol. The summed E-state index contributed by atoms with van der Waals surface area (Å²) in [5.74, 6) is 1.89. The molecule has 1 amide bonds. The van der Waals surface area contributed by atoms with Crippen molar-refractivity contribution in [3.05, 3.63) is 0 Å². The Balaban J connectivity index is 1.75. The van der Waals surface area contributed by atoms with Gasteiger partial charge in [0.1, 0.15) is 0 Å². The van der Waals surface area contributed by atoms with Crippen LogP contribution in [-0.4, -0.2) is 18.0 Å². The highest BCUT2D eigenvalue weighted by Gasteiger charge is 2.31. The van der Waals surface area contributed by atoms with Gasteiger partial charge in [0, 0.05) is 18.0 Å². The number of hydrogen-bond acceptors (Lipinski definition) is 2. The van der Waals surface area contributed by atoms with Crippen LogP contribution in [0, 0.1) is 17.8 Å². The molecule has 0 heterocycles. The number of hydrogen-bond donors (Lipinski definition) is 2. The zero-order valence-electron chi connectivity index (χ0n) is 12.5. The Morgan fingerprint density at radius 3 is 2.42 bits per heavy atom. The third-order valence-electron chi connectivity index (χ3n) is 5.40. The predicted octanol–water partition coefficient (Wildman–Crippen LogP) is 2.83. The number of amides is 1. The zero-order chi connectivity index (χ0) is 13.8. The quantitative estimate of drug-likeness (QED) is 0.825. The van der Waals surface area contributed by atoms with Crippen LogP contribution in [0.25, 0.3) is 0 Å². The van der Waals surface area contributed by atoms with E-state index in [2.05, 4.69) is 19.2 Å². The van der Waals surface area contributed by atoms with Crippen molar-refractivity contribution in [1.82, 2.24) is 5.32 Å². The predicted molar refractivity (Wildman–Crippen MR) is 78.7 cm³/mol. The van der Waals surface area contributed by atoms with Crippen molar-refractivity contribution in [2.45, 2.75) is 77.3 Å². The van der Waals surface area contributed by atoms with Gasteiger partial charge in [-0.25, -0.2) is 0 Å². The van der Waals surface area contributed by atoms with Gasteiger partial charge in [0.15, 0.2) is 0 Å². The lowest BCUT2D eigenvalue weighted by atomic mass is 9.78. The summed E-state index contributed by atoms with van der Waals surface area (Å²) < 4.78 is 0. The maximum Gasteiger partial charge on any atom is 0.223 e. The van der Waals surface area contributed by atoms with E-state index in [1.807, 2.05) is 0 Å². The SMILES string of the molecule is CCC1CCC(NC(=O)C2CCC(C)C(N)C2)CC1. The van der Waals surface area contributed by atoms with Crippen molar-refractivity contribution in [2.24, 2.45) is 23.5 Å². The van der Waals surface area contributed by atoms with Gasteiger partial charge in [0.2, 0.25) is 5.91 Å². The number of nitrogens with two attached hydrogens (primary N) is 1. The lowest BCUT2D eigenvalue weighted by molar-refractivity contribution is -0.127. The number of carbonyl (C=O) groups excluding carboxylic acids is 1. The lowest BCUT2D eigenvalue weighted by Gasteiger charge is -2.33.